The lowest BCUT2D eigenvalue weighted by Gasteiger charge is -2.30. The number of ether oxygens (including phenoxy) is 4. The lowest BCUT2D eigenvalue weighted by Crippen LogP contribution is -2.28. The molecule has 0 amide bonds. The molecule has 0 heterocycles. The number of fused-ring (bicyclic) bond motifs is 10. The molecule has 2 saturated carbocycles. The van der Waals surface area contributed by atoms with Crippen molar-refractivity contribution in [1.29, 1.82) is 0 Å². The van der Waals surface area contributed by atoms with Crippen LogP contribution >= 0.6 is 0 Å². The van der Waals surface area contributed by atoms with E-state index in [1.807, 2.05) is 13.8 Å². The number of unbranched alkanes of at least 4 members (excludes halogenated alkanes) is 18. The topological polar surface area (TPSA) is 71.1 Å². The van der Waals surface area contributed by atoms with E-state index in [1.54, 1.807) is 0 Å². The van der Waals surface area contributed by atoms with Crippen molar-refractivity contribution in [2.75, 3.05) is 13.2 Å². The van der Waals surface area contributed by atoms with Crippen LogP contribution in [0.5, 0.6) is 11.5 Å². The third-order valence-electron chi connectivity index (χ3n) is 26.3. The molecular weight excluding hydrogens is 1300 g/mol. The molecule has 6 heteroatoms. The van der Waals surface area contributed by atoms with Crippen molar-refractivity contribution in [3.05, 3.63) is 169 Å². The van der Waals surface area contributed by atoms with E-state index in [9.17, 15) is 9.59 Å². The highest BCUT2D eigenvalue weighted by atomic mass is 16.6. The molecule has 6 nitrogen and oxygen atoms in total. The Kier molecular flexibility index (Phi) is 18.0. The van der Waals surface area contributed by atoms with Crippen molar-refractivity contribution in [3.63, 3.8) is 0 Å². The summed E-state index contributed by atoms with van der Waals surface area (Å²) in [6, 6.07) is 52.5. The molecule has 19 rings (SSSR count). The zero-order valence-electron chi connectivity index (χ0n) is 62.9. The monoisotopic (exact) mass is 1400 g/mol. The molecule has 6 unspecified atom stereocenters. The highest BCUT2D eigenvalue weighted by Crippen LogP contribution is 2.61. The molecule has 0 N–H and O–H groups in total. The SMILES string of the molecule is CCCCCCCCCCCCc1cc2c3cccc4c5cc(-c6ccc(OC[C@@H](C)OC(=O)C7CC8C=CC7C8)cc6)cc6c7cc(-c8ccc(OC[C@@H](C)OC(=O)C9CC%10C=CC9C%10)cc8)cc8c9cccc%10c%11cc(CCCCCCCCCCCC)cc%12c(c1)c2c1c(c34)c(c56)c(c87)c(c%109)c1c%11%12. The van der Waals surface area contributed by atoms with Crippen LogP contribution in [-0.2, 0) is 31.9 Å². The van der Waals surface area contributed by atoms with Crippen molar-refractivity contribution in [3.8, 4) is 33.8 Å². The van der Waals surface area contributed by atoms with Crippen LogP contribution in [0.15, 0.2) is 158 Å². The maximum Gasteiger partial charge on any atom is 0.309 e. The minimum Gasteiger partial charge on any atom is -0.490 e. The fourth-order valence-corrected chi connectivity index (χ4v) is 21.2. The quantitative estimate of drug-likeness (QED) is 0.0132. The second-order valence-corrected chi connectivity index (χ2v) is 33.5. The third-order valence-corrected chi connectivity index (χ3v) is 26.3. The first-order chi connectivity index (χ1) is 52.1. The van der Waals surface area contributed by atoms with Gasteiger partial charge in [0, 0.05) is 0 Å². The Labute approximate surface area is 624 Å². The summed E-state index contributed by atoms with van der Waals surface area (Å²) in [4.78, 5) is 26.8. The molecule has 0 aliphatic heterocycles. The average Bonchev–Trinajstić information content (AvgIpc) is 0.645. The lowest BCUT2D eigenvalue weighted by molar-refractivity contribution is -0.156. The molecule has 4 aliphatic rings. The van der Waals surface area contributed by atoms with E-state index >= 15 is 0 Å². The van der Waals surface area contributed by atoms with Crippen molar-refractivity contribution < 1.29 is 28.5 Å². The Hall–Kier alpha value is -9.00. The Balaban J connectivity index is 0.768. The van der Waals surface area contributed by atoms with Gasteiger partial charge in [0.1, 0.15) is 36.9 Å². The first kappa shape index (κ1) is 67.6. The van der Waals surface area contributed by atoms with E-state index in [0.717, 1.165) is 72.3 Å². The van der Waals surface area contributed by atoms with Crippen molar-refractivity contribution in [2.45, 2.75) is 207 Å². The standard InChI is InChI=1S/C100H102O6/c1-5-7-9-11-13-15-17-19-21-23-27-61-49-79-73-29-25-31-75-83-53-69(65-37-41-71(42-38-65)103-57-59(3)105-99(101)77-47-63-33-35-67(77)45-63)55-85-86-56-70(66-39-43-72(44-40-66)104-58-60(4)106-100(102)78-48-64-34-36-68(78)46-64)54-84-76-32-26-30-74-80-50-62(28-24-22-20-18-16-14-12-10-8-6-2)52-82-81(51-61)89(79)95-93(87(73)75)97(91(83)85)98(92(84)86)94(88(74)76)96(95)90(80)82/h25-26,29-44,49-56,59-60,63-64,67-68,77-78H,5-24,27-28,45-48,57-58H2,1-4H3/t59-,60-,63?,64?,67?,68?,77?,78?/m1/s1. The van der Waals surface area contributed by atoms with Crippen LogP contribution in [0.25, 0.3) is 152 Å². The van der Waals surface area contributed by atoms with Gasteiger partial charge in [-0.05, 0) is 300 Å². The van der Waals surface area contributed by atoms with Gasteiger partial charge < -0.3 is 18.9 Å². The smallest absolute Gasteiger partial charge is 0.309 e. The Bertz CT molecular complexity index is 5420. The predicted molar refractivity (Wildman–Crippen MR) is 445 cm³/mol. The Morgan fingerprint density at radius 1 is 0.321 bits per heavy atom. The summed E-state index contributed by atoms with van der Waals surface area (Å²) >= 11 is 0. The highest BCUT2D eigenvalue weighted by molar-refractivity contribution is 6.61. The van der Waals surface area contributed by atoms with Crippen molar-refractivity contribution in [1.82, 2.24) is 0 Å². The van der Waals surface area contributed by atoms with Gasteiger partial charge in [-0.25, -0.2) is 0 Å². The van der Waals surface area contributed by atoms with Gasteiger partial charge in [0.2, 0.25) is 0 Å². The number of aryl methyl sites for hydroxylation is 2. The average molecular weight is 1400 g/mol. The molecule has 8 atom stereocenters. The maximum atomic E-state index is 13.4. The number of hydrogen-bond acceptors (Lipinski definition) is 6. The number of carbonyl (C=O) groups is 2. The van der Waals surface area contributed by atoms with Gasteiger partial charge in [0.25, 0.3) is 0 Å². The minimum atomic E-state index is -0.371. The predicted octanol–water partition coefficient (Wildman–Crippen LogP) is 27.5. The molecule has 4 aliphatic carbocycles. The summed E-state index contributed by atoms with van der Waals surface area (Å²) in [7, 11) is 0. The Morgan fingerprint density at radius 2 is 0.613 bits per heavy atom. The van der Waals surface area contributed by atoms with Crippen LogP contribution < -0.4 is 9.47 Å². The molecule has 0 aromatic heterocycles. The molecule has 15 aromatic carbocycles. The van der Waals surface area contributed by atoms with Gasteiger partial charge in [0.15, 0.2) is 0 Å². The van der Waals surface area contributed by atoms with Gasteiger partial charge in [-0.3, -0.25) is 9.59 Å². The first-order valence-corrected chi connectivity index (χ1v) is 41.6. The fourth-order valence-electron chi connectivity index (χ4n) is 21.2. The number of allylic oxidation sites excluding steroid dienone is 4. The van der Waals surface area contributed by atoms with Crippen molar-refractivity contribution >= 4 is 141 Å². The zero-order valence-corrected chi connectivity index (χ0v) is 62.9. The lowest BCUT2D eigenvalue weighted by atomic mass is 9.72. The van der Waals surface area contributed by atoms with Crippen LogP contribution in [0, 0.1) is 35.5 Å². The van der Waals surface area contributed by atoms with E-state index in [0.29, 0.717) is 23.7 Å². The number of esters is 2. The molecule has 538 valence electrons. The summed E-state index contributed by atoms with van der Waals surface area (Å²) in [6.07, 6.45) is 40.9. The fraction of sp³-hybridized carbons (Fsp3) is 0.400. The maximum absolute atomic E-state index is 13.4. The number of carbonyl (C=O) groups excluding carboxylic acids is 2. The summed E-state index contributed by atoms with van der Waals surface area (Å²) in [5.41, 5.74) is 7.47. The second kappa shape index (κ2) is 28.3. The van der Waals surface area contributed by atoms with E-state index in [-0.39, 0.29) is 49.2 Å². The second-order valence-electron chi connectivity index (χ2n) is 33.5. The van der Waals surface area contributed by atoms with E-state index in [2.05, 4.69) is 172 Å². The third kappa shape index (κ3) is 11.8. The van der Waals surface area contributed by atoms with Crippen molar-refractivity contribution in [2.24, 2.45) is 35.5 Å². The molecule has 0 spiro atoms. The summed E-state index contributed by atoms with van der Waals surface area (Å²) < 4.78 is 25.0. The summed E-state index contributed by atoms with van der Waals surface area (Å²) in [5, 5.41) is 32.9. The Morgan fingerprint density at radius 3 is 0.925 bits per heavy atom. The zero-order chi connectivity index (χ0) is 71.3. The van der Waals surface area contributed by atoms with Gasteiger partial charge >= 0.3 is 11.9 Å². The van der Waals surface area contributed by atoms with Crippen LogP contribution in [0.1, 0.15) is 193 Å². The van der Waals surface area contributed by atoms with Gasteiger partial charge in [0.05, 0.1) is 11.8 Å². The van der Waals surface area contributed by atoms with Crippen LogP contribution in [-0.4, -0.2) is 37.4 Å². The normalized spacial score (nSPS) is 19.2. The summed E-state index contributed by atoms with van der Waals surface area (Å²) in [5.74, 6) is 2.84. The number of rotatable bonds is 34. The molecule has 2 fully saturated rings. The number of hydrogen-bond donors (Lipinski definition) is 0. The number of benzene rings is 15. The van der Waals surface area contributed by atoms with E-state index < -0.39 is 0 Å². The molecule has 0 radical (unpaired) electrons. The molecule has 4 bridgehead atoms. The largest absolute Gasteiger partial charge is 0.490 e. The molecule has 106 heavy (non-hydrogen) atoms. The van der Waals surface area contributed by atoms with Crippen LogP contribution in [0.2, 0.25) is 0 Å². The van der Waals surface area contributed by atoms with Crippen LogP contribution in [0.4, 0.5) is 0 Å². The van der Waals surface area contributed by atoms with Crippen LogP contribution in [0.3, 0.4) is 0 Å². The summed E-state index contributed by atoms with van der Waals surface area (Å²) in [6.45, 7) is 9.09. The van der Waals surface area contributed by atoms with E-state index in [1.165, 1.54) is 269 Å². The van der Waals surface area contributed by atoms with Gasteiger partial charge in [-0.1, -0.05) is 239 Å². The molecular formula is C100H102O6. The highest BCUT2D eigenvalue weighted by Gasteiger charge is 2.43. The molecule has 15 aromatic rings. The van der Waals surface area contributed by atoms with E-state index in [4.69, 9.17) is 18.9 Å². The first-order valence-electron chi connectivity index (χ1n) is 41.6. The minimum absolute atomic E-state index is 0.0462. The van der Waals surface area contributed by atoms with Gasteiger partial charge in [-0.2, -0.15) is 0 Å². The molecule has 0 saturated heterocycles. The van der Waals surface area contributed by atoms with Gasteiger partial charge in [-0.15, -0.1) is 0 Å².